The highest BCUT2D eigenvalue weighted by molar-refractivity contribution is 7.47. The van der Waals surface area contributed by atoms with Crippen molar-refractivity contribution < 1.29 is 52.0 Å². The molecular formula is C44H79NO10P+. The Morgan fingerprint density at radius 3 is 2.02 bits per heavy atom. The van der Waals surface area contributed by atoms with Crippen molar-refractivity contribution in [3.63, 3.8) is 0 Å². The normalized spacial score (nSPS) is 18.2. The Labute approximate surface area is 339 Å². The van der Waals surface area contributed by atoms with Crippen molar-refractivity contribution in [2.45, 2.75) is 167 Å². The minimum absolute atomic E-state index is 0.000645. The van der Waals surface area contributed by atoms with Crippen LogP contribution in [0.2, 0.25) is 0 Å². The molecule has 1 aliphatic carbocycles. The zero-order valence-electron chi connectivity index (χ0n) is 35.7. The molecule has 2 N–H and O–H groups in total. The number of allylic oxidation sites excluding steroid dienone is 5. The van der Waals surface area contributed by atoms with E-state index in [1.807, 2.05) is 45.4 Å². The van der Waals surface area contributed by atoms with Gasteiger partial charge < -0.3 is 24.0 Å². The lowest BCUT2D eigenvalue weighted by Crippen LogP contribution is -2.37. The number of ether oxygens (including phenoxy) is 2. The van der Waals surface area contributed by atoms with Gasteiger partial charge in [0.1, 0.15) is 19.8 Å². The summed E-state index contributed by atoms with van der Waals surface area (Å²) < 4.78 is 34.2. The zero-order chi connectivity index (χ0) is 41.5. The molecule has 5 atom stereocenters. The summed E-state index contributed by atoms with van der Waals surface area (Å²) >= 11 is 0. The number of rotatable bonds is 36. The molecule has 0 saturated heterocycles. The van der Waals surface area contributed by atoms with Crippen LogP contribution >= 0.6 is 7.82 Å². The molecular weight excluding hydrogens is 733 g/mol. The summed E-state index contributed by atoms with van der Waals surface area (Å²) in [6.45, 7) is 4.09. The highest BCUT2D eigenvalue weighted by Crippen LogP contribution is 2.43. The summed E-state index contributed by atoms with van der Waals surface area (Å²) in [5, 5.41) is 10.2. The quantitative estimate of drug-likeness (QED) is 0.0206. The molecule has 324 valence electrons. The number of likely N-dealkylation sites (N-methyl/N-ethyl adjacent to an activating group) is 1. The number of unbranched alkanes of at least 4 members (excludes halogenated alkanes) is 15. The summed E-state index contributed by atoms with van der Waals surface area (Å²) in [6, 6.07) is 0. The van der Waals surface area contributed by atoms with E-state index in [2.05, 4.69) is 13.8 Å². The molecule has 0 bridgehead atoms. The summed E-state index contributed by atoms with van der Waals surface area (Å²) in [4.78, 5) is 47.8. The van der Waals surface area contributed by atoms with E-state index < -0.39 is 38.6 Å². The highest BCUT2D eigenvalue weighted by atomic mass is 31.2. The number of carbonyl (C=O) groups excluding carboxylic acids is 3. The fourth-order valence-corrected chi connectivity index (χ4v) is 7.10. The van der Waals surface area contributed by atoms with Crippen LogP contribution in [-0.2, 0) is 37.5 Å². The summed E-state index contributed by atoms with van der Waals surface area (Å²) in [5.74, 6) is -1.14. The number of ketones is 1. The van der Waals surface area contributed by atoms with E-state index in [4.69, 9.17) is 18.5 Å². The Morgan fingerprint density at radius 2 is 1.39 bits per heavy atom. The third-order valence-electron chi connectivity index (χ3n) is 9.92. The molecule has 0 radical (unpaired) electrons. The second-order valence-corrected chi connectivity index (χ2v) is 17.9. The van der Waals surface area contributed by atoms with Gasteiger partial charge in [-0.25, -0.2) is 4.57 Å². The van der Waals surface area contributed by atoms with Crippen molar-refractivity contribution in [3.05, 3.63) is 36.5 Å². The van der Waals surface area contributed by atoms with Gasteiger partial charge in [0.2, 0.25) is 0 Å². The van der Waals surface area contributed by atoms with E-state index in [1.54, 1.807) is 12.2 Å². The van der Waals surface area contributed by atoms with Crippen LogP contribution in [-0.4, -0.2) is 91.9 Å². The number of phosphoric ester groups is 1. The van der Waals surface area contributed by atoms with Crippen molar-refractivity contribution in [3.8, 4) is 0 Å². The maximum absolute atomic E-state index is 12.7. The molecule has 0 aromatic carbocycles. The molecule has 11 nitrogen and oxygen atoms in total. The fourth-order valence-electron chi connectivity index (χ4n) is 6.36. The predicted molar refractivity (Wildman–Crippen MR) is 224 cm³/mol. The van der Waals surface area contributed by atoms with E-state index in [9.17, 15) is 28.9 Å². The first kappa shape index (κ1) is 51.9. The first-order chi connectivity index (χ1) is 26.8. The average Bonchev–Trinajstić information content (AvgIpc) is 3.49. The third kappa shape index (κ3) is 29.1. The lowest BCUT2D eigenvalue weighted by atomic mass is 9.90. The predicted octanol–water partition coefficient (Wildman–Crippen LogP) is 9.75. The monoisotopic (exact) mass is 813 g/mol. The molecule has 0 aromatic rings. The fraction of sp³-hybridized carbons (Fsp3) is 0.795. The van der Waals surface area contributed by atoms with Gasteiger partial charge in [-0.15, -0.1) is 0 Å². The topological polar surface area (TPSA) is 146 Å². The third-order valence-corrected chi connectivity index (χ3v) is 10.9. The lowest BCUT2D eigenvalue weighted by molar-refractivity contribution is -0.870. The van der Waals surface area contributed by atoms with Crippen LogP contribution in [0.4, 0.5) is 0 Å². The van der Waals surface area contributed by atoms with Gasteiger partial charge in [-0.05, 0) is 44.1 Å². The first-order valence-corrected chi connectivity index (χ1v) is 23.3. The maximum Gasteiger partial charge on any atom is 0.472 e. The van der Waals surface area contributed by atoms with Crippen LogP contribution in [0.25, 0.3) is 0 Å². The van der Waals surface area contributed by atoms with Gasteiger partial charge in [0.25, 0.3) is 0 Å². The van der Waals surface area contributed by atoms with Crippen LogP contribution in [0.15, 0.2) is 36.5 Å². The molecule has 0 fully saturated rings. The number of quaternary nitrogens is 1. The number of aliphatic hydroxyl groups excluding tert-OH is 1. The van der Waals surface area contributed by atoms with Gasteiger partial charge in [-0.3, -0.25) is 23.4 Å². The Bertz CT molecular complexity index is 1200. The Hall–Kier alpha value is -2.14. The molecule has 0 amide bonds. The maximum atomic E-state index is 12.7. The summed E-state index contributed by atoms with van der Waals surface area (Å²) in [5.41, 5.74) is 0. The number of phosphoric acid groups is 1. The van der Waals surface area contributed by atoms with Gasteiger partial charge in [0.15, 0.2) is 11.9 Å². The van der Waals surface area contributed by atoms with Crippen molar-refractivity contribution in [1.82, 2.24) is 0 Å². The highest BCUT2D eigenvalue weighted by Gasteiger charge is 2.28. The van der Waals surface area contributed by atoms with E-state index in [0.29, 0.717) is 43.1 Å². The van der Waals surface area contributed by atoms with Gasteiger partial charge in [0, 0.05) is 18.8 Å². The van der Waals surface area contributed by atoms with E-state index in [-0.39, 0.29) is 43.7 Å². The van der Waals surface area contributed by atoms with Crippen molar-refractivity contribution >= 4 is 25.5 Å². The van der Waals surface area contributed by atoms with Crippen molar-refractivity contribution in [2.75, 3.05) is 47.5 Å². The van der Waals surface area contributed by atoms with Crippen molar-refractivity contribution in [1.29, 1.82) is 0 Å². The Kier molecular flexibility index (Phi) is 29.5. The summed E-state index contributed by atoms with van der Waals surface area (Å²) in [7, 11) is 1.37. The molecule has 1 unspecified atom stereocenters. The molecule has 0 aromatic heterocycles. The molecule has 0 heterocycles. The Balaban J connectivity index is 2.47. The molecule has 12 heteroatoms. The SMILES string of the molecule is CCCCCCCCCCCCCCCC(=O)O[C@H](COC(=O)CCC/C=C\C[C@H]1C=CC(=O)[C@@H]1/C=C/[C@@H](O)CCCCC)COP(=O)(O)OCC[N+](C)(C)C. The second kappa shape index (κ2) is 31.8. The number of hydrogen-bond acceptors (Lipinski definition) is 9. The molecule has 1 rings (SSSR count). The van der Waals surface area contributed by atoms with E-state index >= 15 is 0 Å². The van der Waals surface area contributed by atoms with E-state index in [0.717, 1.165) is 38.5 Å². The molecule has 56 heavy (non-hydrogen) atoms. The Morgan fingerprint density at radius 1 is 0.804 bits per heavy atom. The zero-order valence-corrected chi connectivity index (χ0v) is 36.6. The molecule has 0 spiro atoms. The first-order valence-electron chi connectivity index (χ1n) is 21.8. The molecule has 0 saturated carbocycles. The van der Waals surface area contributed by atoms with Gasteiger partial charge >= 0.3 is 19.8 Å². The number of carbonyl (C=O) groups is 3. The molecule has 1 aliphatic rings. The van der Waals surface area contributed by atoms with Gasteiger partial charge in [0.05, 0.1) is 33.9 Å². The second-order valence-electron chi connectivity index (χ2n) is 16.4. The van der Waals surface area contributed by atoms with Crippen LogP contribution in [0, 0.1) is 11.8 Å². The summed E-state index contributed by atoms with van der Waals surface area (Å²) in [6.07, 6.45) is 31.0. The number of hydrogen-bond donors (Lipinski definition) is 2. The minimum Gasteiger partial charge on any atom is -0.462 e. The number of aliphatic hydroxyl groups is 1. The van der Waals surface area contributed by atoms with Crippen LogP contribution in [0.1, 0.15) is 155 Å². The standard InChI is InChI=1S/C44H78NO10P/c1-6-8-10-11-12-13-14-15-16-17-18-19-25-29-44(49)55-40(37-54-56(50,51)53-35-34-45(3,4)5)36-52-43(48)28-24-21-20-23-26-38-30-33-42(47)41(38)32-31-39(46)27-22-9-7-2/h20,23,30-33,38-41,46H,6-19,21-22,24-29,34-37H2,1-5H3/p+1/b23-20-,32-31+/t38-,39-,40+,41+/m0/s1. The largest absolute Gasteiger partial charge is 0.472 e. The minimum atomic E-state index is -4.42. The van der Waals surface area contributed by atoms with Crippen LogP contribution < -0.4 is 0 Å². The lowest BCUT2D eigenvalue weighted by Gasteiger charge is -2.24. The van der Waals surface area contributed by atoms with Crippen LogP contribution in [0.3, 0.4) is 0 Å². The molecule has 0 aliphatic heterocycles. The van der Waals surface area contributed by atoms with Gasteiger partial charge in [-0.2, -0.15) is 0 Å². The van der Waals surface area contributed by atoms with Gasteiger partial charge in [-0.1, -0.05) is 141 Å². The smallest absolute Gasteiger partial charge is 0.462 e. The number of nitrogens with zero attached hydrogens (tertiary/aromatic N) is 1. The van der Waals surface area contributed by atoms with E-state index in [1.165, 1.54) is 57.8 Å². The number of esters is 2. The average molecular weight is 813 g/mol. The van der Waals surface area contributed by atoms with Crippen LogP contribution in [0.5, 0.6) is 0 Å². The van der Waals surface area contributed by atoms with Crippen molar-refractivity contribution in [2.24, 2.45) is 11.8 Å².